The van der Waals surface area contributed by atoms with Gasteiger partial charge in [0, 0.05) is 12.5 Å². The molecule has 0 saturated heterocycles. The summed E-state index contributed by atoms with van der Waals surface area (Å²) in [5.41, 5.74) is 0. The quantitative estimate of drug-likeness (QED) is 0.914. The molecule has 1 N–H and O–H groups in total. The molecule has 20 heavy (non-hydrogen) atoms. The van der Waals surface area contributed by atoms with Gasteiger partial charge in [-0.15, -0.1) is 10.2 Å². The Morgan fingerprint density at radius 3 is 2.65 bits per heavy atom. The number of aromatic nitrogens is 2. The third-order valence-electron chi connectivity index (χ3n) is 4.08. The topological polar surface area (TPSA) is 54.9 Å². The highest BCUT2D eigenvalue weighted by Gasteiger charge is 2.25. The van der Waals surface area contributed by atoms with Gasteiger partial charge in [0.15, 0.2) is 4.34 Å². The van der Waals surface area contributed by atoms with Crippen molar-refractivity contribution in [2.75, 3.05) is 5.32 Å². The SMILES string of the molecule is O=C1CCCC[C@H]1Sc1nnc(NC2CCCCC2)s1. The lowest BCUT2D eigenvalue weighted by Gasteiger charge is -2.21. The van der Waals surface area contributed by atoms with Crippen molar-refractivity contribution in [1.82, 2.24) is 10.2 Å². The van der Waals surface area contributed by atoms with Gasteiger partial charge in [-0.05, 0) is 25.7 Å². The van der Waals surface area contributed by atoms with Crippen molar-refractivity contribution < 1.29 is 4.79 Å². The van der Waals surface area contributed by atoms with Gasteiger partial charge in [-0.25, -0.2) is 0 Å². The molecular formula is C14H21N3OS2. The van der Waals surface area contributed by atoms with Crippen LogP contribution in [0.15, 0.2) is 4.34 Å². The zero-order valence-electron chi connectivity index (χ0n) is 11.6. The van der Waals surface area contributed by atoms with Crippen LogP contribution in [0, 0.1) is 0 Å². The number of ketones is 1. The maximum absolute atomic E-state index is 11.8. The van der Waals surface area contributed by atoms with Crippen LogP contribution in [0.5, 0.6) is 0 Å². The first kappa shape index (κ1) is 14.3. The second kappa shape index (κ2) is 6.89. The zero-order valence-corrected chi connectivity index (χ0v) is 13.3. The molecule has 1 atom stereocenters. The molecule has 1 aromatic heterocycles. The maximum Gasteiger partial charge on any atom is 0.206 e. The van der Waals surface area contributed by atoms with Crippen LogP contribution in [-0.4, -0.2) is 27.3 Å². The second-order valence-electron chi connectivity index (χ2n) is 5.67. The van der Waals surface area contributed by atoms with E-state index in [1.807, 2.05) is 0 Å². The fraction of sp³-hybridized carbons (Fsp3) is 0.786. The van der Waals surface area contributed by atoms with Gasteiger partial charge in [0.25, 0.3) is 0 Å². The van der Waals surface area contributed by atoms with E-state index < -0.39 is 0 Å². The summed E-state index contributed by atoms with van der Waals surface area (Å²) in [6.45, 7) is 0. The van der Waals surface area contributed by atoms with E-state index in [4.69, 9.17) is 0 Å². The van der Waals surface area contributed by atoms with Gasteiger partial charge in [-0.2, -0.15) is 0 Å². The first-order valence-electron chi connectivity index (χ1n) is 7.61. The Hall–Kier alpha value is -0.620. The second-order valence-corrected chi connectivity index (χ2v) is 8.10. The summed E-state index contributed by atoms with van der Waals surface area (Å²) in [5.74, 6) is 0.387. The molecule has 0 spiro atoms. The molecule has 110 valence electrons. The number of hydrogen-bond donors (Lipinski definition) is 1. The Kier molecular flexibility index (Phi) is 4.94. The van der Waals surface area contributed by atoms with E-state index in [0.717, 1.165) is 35.2 Å². The van der Waals surface area contributed by atoms with Crippen LogP contribution in [0.1, 0.15) is 57.8 Å². The van der Waals surface area contributed by atoms with Crippen LogP contribution < -0.4 is 5.32 Å². The van der Waals surface area contributed by atoms with Crippen LogP contribution in [0.3, 0.4) is 0 Å². The number of nitrogens with one attached hydrogen (secondary N) is 1. The minimum absolute atomic E-state index is 0.110. The number of Topliss-reactive ketones (excluding diaryl/α,β-unsaturated/α-hetero) is 1. The molecule has 2 aliphatic rings. The molecule has 2 saturated carbocycles. The van der Waals surface area contributed by atoms with Crippen molar-refractivity contribution in [3.05, 3.63) is 0 Å². The number of thioether (sulfide) groups is 1. The van der Waals surface area contributed by atoms with Gasteiger partial charge < -0.3 is 5.32 Å². The number of hydrogen-bond acceptors (Lipinski definition) is 6. The van der Waals surface area contributed by atoms with Crippen molar-refractivity contribution in [2.45, 2.75) is 73.4 Å². The van der Waals surface area contributed by atoms with Crippen LogP contribution in [-0.2, 0) is 4.79 Å². The molecule has 0 bridgehead atoms. The van der Waals surface area contributed by atoms with E-state index in [2.05, 4.69) is 15.5 Å². The molecule has 0 aromatic carbocycles. The van der Waals surface area contributed by atoms with E-state index in [-0.39, 0.29) is 5.25 Å². The molecule has 4 nitrogen and oxygen atoms in total. The molecule has 0 unspecified atom stereocenters. The van der Waals surface area contributed by atoms with Crippen molar-refractivity contribution in [2.24, 2.45) is 0 Å². The van der Waals surface area contributed by atoms with Gasteiger partial charge in [-0.1, -0.05) is 48.8 Å². The molecule has 2 aliphatic carbocycles. The molecule has 0 amide bonds. The first-order valence-corrected chi connectivity index (χ1v) is 9.30. The highest BCUT2D eigenvalue weighted by atomic mass is 32.2. The van der Waals surface area contributed by atoms with Crippen molar-refractivity contribution >= 4 is 34.0 Å². The number of nitrogens with zero attached hydrogens (tertiary/aromatic N) is 2. The Labute approximate surface area is 128 Å². The monoisotopic (exact) mass is 311 g/mol. The zero-order chi connectivity index (χ0) is 13.8. The van der Waals surface area contributed by atoms with Crippen LogP contribution in [0.4, 0.5) is 5.13 Å². The van der Waals surface area contributed by atoms with E-state index in [9.17, 15) is 4.79 Å². The fourth-order valence-electron chi connectivity index (χ4n) is 2.93. The third kappa shape index (κ3) is 3.73. The highest BCUT2D eigenvalue weighted by Crippen LogP contribution is 2.35. The minimum Gasteiger partial charge on any atom is -0.357 e. The van der Waals surface area contributed by atoms with Crippen molar-refractivity contribution in [1.29, 1.82) is 0 Å². The largest absolute Gasteiger partial charge is 0.357 e. The average Bonchev–Trinajstić information content (AvgIpc) is 2.90. The Morgan fingerprint density at radius 2 is 1.85 bits per heavy atom. The fourth-order valence-corrected chi connectivity index (χ4v) is 5.13. The molecule has 0 aliphatic heterocycles. The number of anilines is 1. The Balaban J connectivity index is 1.54. The van der Waals surface area contributed by atoms with Crippen LogP contribution in [0.25, 0.3) is 0 Å². The summed E-state index contributed by atoms with van der Waals surface area (Å²) in [5, 5.41) is 13.0. The van der Waals surface area contributed by atoms with E-state index in [1.165, 1.54) is 32.1 Å². The van der Waals surface area contributed by atoms with Gasteiger partial charge in [-0.3, -0.25) is 4.79 Å². The van der Waals surface area contributed by atoms with E-state index >= 15 is 0 Å². The van der Waals surface area contributed by atoms with Crippen LogP contribution >= 0.6 is 23.1 Å². The van der Waals surface area contributed by atoms with Crippen molar-refractivity contribution in [3.8, 4) is 0 Å². The smallest absolute Gasteiger partial charge is 0.206 e. The maximum atomic E-state index is 11.8. The summed E-state index contributed by atoms with van der Waals surface area (Å²) in [6, 6.07) is 0.561. The number of carbonyl (C=O) groups is 1. The molecule has 2 fully saturated rings. The first-order chi connectivity index (χ1) is 9.81. The summed E-state index contributed by atoms with van der Waals surface area (Å²) in [6.07, 6.45) is 10.4. The van der Waals surface area contributed by atoms with Gasteiger partial charge in [0.05, 0.1) is 5.25 Å². The molecule has 3 rings (SSSR count). The minimum atomic E-state index is 0.110. The van der Waals surface area contributed by atoms with Gasteiger partial charge in [0.1, 0.15) is 5.78 Å². The standard InChI is InChI=1S/C14H21N3OS2/c18-11-8-4-5-9-12(11)19-14-17-16-13(20-14)15-10-6-2-1-3-7-10/h10,12H,1-9H2,(H,15,16)/t12-/m1/s1. The Bertz CT molecular complexity index is 457. The predicted molar refractivity (Wildman–Crippen MR) is 83.5 cm³/mol. The van der Waals surface area contributed by atoms with Crippen LogP contribution in [0.2, 0.25) is 0 Å². The summed E-state index contributed by atoms with van der Waals surface area (Å²) < 4.78 is 0.934. The molecule has 1 heterocycles. The molecule has 0 radical (unpaired) electrons. The van der Waals surface area contributed by atoms with Gasteiger partial charge >= 0.3 is 0 Å². The average molecular weight is 311 g/mol. The van der Waals surface area contributed by atoms with Gasteiger partial charge in [0.2, 0.25) is 5.13 Å². The summed E-state index contributed by atoms with van der Waals surface area (Å²) >= 11 is 3.21. The predicted octanol–water partition coefficient (Wildman–Crippen LogP) is 3.89. The molecular weight excluding hydrogens is 290 g/mol. The summed E-state index contributed by atoms with van der Waals surface area (Å²) in [4.78, 5) is 11.8. The van der Waals surface area contributed by atoms with E-state index in [1.54, 1.807) is 23.1 Å². The lowest BCUT2D eigenvalue weighted by atomic mass is 9.96. The van der Waals surface area contributed by atoms with E-state index in [0.29, 0.717) is 11.8 Å². The molecule has 1 aromatic rings. The third-order valence-corrected chi connectivity index (χ3v) is 6.34. The number of carbonyl (C=O) groups excluding carboxylic acids is 1. The lowest BCUT2D eigenvalue weighted by Crippen LogP contribution is -2.22. The molecule has 6 heteroatoms. The normalized spacial score (nSPS) is 24.8. The highest BCUT2D eigenvalue weighted by molar-refractivity contribution is 8.02. The summed E-state index contributed by atoms with van der Waals surface area (Å²) in [7, 11) is 0. The Morgan fingerprint density at radius 1 is 1.05 bits per heavy atom. The lowest BCUT2D eigenvalue weighted by molar-refractivity contribution is -0.119. The van der Waals surface area contributed by atoms with Crippen molar-refractivity contribution in [3.63, 3.8) is 0 Å². The number of rotatable bonds is 4.